The number of thioether (sulfide) groups is 1. The lowest BCUT2D eigenvalue weighted by Gasteiger charge is -2.19. The largest absolute Gasteiger partial charge is 0.374 e. The van der Waals surface area contributed by atoms with Gasteiger partial charge in [0.25, 0.3) is 0 Å². The van der Waals surface area contributed by atoms with E-state index in [9.17, 15) is 4.79 Å². The van der Waals surface area contributed by atoms with Crippen molar-refractivity contribution in [2.75, 3.05) is 11.5 Å². The summed E-state index contributed by atoms with van der Waals surface area (Å²) < 4.78 is 0.693. The van der Waals surface area contributed by atoms with Gasteiger partial charge in [-0.25, -0.2) is 0 Å². The normalized spacial score (nSPS) is 10.7. The molecular weight excluding hydrogens is 340 g/mol. The van der Waals surface area contributed by atoms with Gasteiger partial charge in [-0.2, -0.15) is 0 Å². The number of amides is 1. The average molecular weight is 356 g/mol. The molecule has 0 aliphatic carbocycles. The molecule has 24 heavy (non-hydrogen) atoms. The number of nitrogens with two attached hydrogens (primary N) is 1. The molecule has 1 amide bonds. The summed E-state index contributed by atoms with van der Waals surface area (Å²) >= 11 is 2.61. The van der Waals surface area contributed by atoms with Crippen LogP contribution in [0.1, 0.15) is 17.2 Å². The molecule has 122 valence electrons. The van der Waals surface area contributed by atoms with Crippen LogP contribution < -0.4 is 11.1 Å². The maximum Gasteiger partial charge on any atom is 0.231 e. The molecule has 3 aromatic rings. The summed E-state index contributed by atoms with van der Waals surface area (Å²) in [5.74, 6) is 0.205. The summed E-state index contributed by atoms with van der Waals surface area (Å²) in [7, 11) is 0. The molecule has 0 aliphatic heterocycles. The fourth-order valence-corrected chi connectivity index (χ4v) is 3.71. The predicted octanol–water partition coefficient (Wildman–Crippen LogP) is 3.12. The number of rotatable bonds is 6. The monoisotopic (exact) mass is 356 g/mol. The minimum atomic E-state index is -0.181. The van der Waals surface area contributed by atoms with E-state index in [1.165, 1.54) is 23.1 Å². The van der Waals surface area contributed by atoms with Crippen molar-refractivity contribution in [3.8, 4) is 0 Å². The highest BCUT2D eigenvalue weighted by molar-refractivity contribution is 8.01. The van der Waals surface area contributed by atoms with E-state index in [4.69, 9.17) is 5.73 Å². The topological polar surface area (TPSA) is 80.9 Å². The molecule has 5 nitrogen and oxygen atoms in total. The first kappa shape index (κ1) is 16.5. The van der Waals surface area contributed by atoms with Gasteiger partial charge in [0.05, 0.1) is 11.8 Å². The Labute approximate surface area is 148 Å². The average Bonchev–Trinajstić information content (AvgIpc) is 3.05. The Hall–Kier alpha value is -2.38. The van der Waals surface area contributed by atoms with Gasteiger partial charge in [-0.1, -0.05) is 83.8 Å². The van der Waals surface area contributed by atoms with Gasteiger partial charge in [-0.05, 0) is 11.1 Å². The third kappa shape index (κ3) is 4.33. The van der Waals surface area contributed by atoms with Gasteiger partial charge < -0.3 is 11.1 Å². The van der Waals surface area contributed by atoms with Crippen LogP contribution in [0.2, 0.25) is 0 Å². The second-order valence-corrected chi connectivity index (χ2v) is 7.25. The van der Waals surface area contributed by atoms with E-state index in [1.54, 1.807) is 0 Å². The molecule has 7 heteroatoms. The van der Waals surface area contributed by atoms with E-state index < -0.39 is 0 Å². The molecule has 0 saturated carbocycles. The van der Waals surface area contributed by atoms with Gasteiger partial charge >= 0.3 is 0 Å². The first-order valence-electron chi connectivity index (χ1n) is 7.33. The Morgan fingerprint density at radius 3 is 2.12 bits per heavy atom. The molecule has 0 radical (unpaired) electrons. The first-order valence-corrected chi connectivity index (χ1v) is 9.13. The molecule has 0 aliphatic rings. The van der Waals surface area contributed by atoms with E-state index in [2.05, 4.69) is 15.5 Å². The number of hydrogen-bond acceptors (Lipinski definition) is 6. The number of anilines is 1. The molecule has 3 N–H and O–H groups in total. The molecule has 2 aromatic carbocycles. The van der Waals surface area contributed by atoms with Crippen molar-refractivity contribution in [3.63, 3.8) is 0 Å². The van der Waals surface area contributed by atoms with Gasteiger partial charge in [0, 0.05) is 0 Å². The lowest BCUT2D eigenvalue weighted by molar-refractivity contribution is -0.119. The van der Waals surface area contributed by atoms with Gasteiger partial charge in [0.1, 0.15) is 0 Å². The molecule has 0 saturated heterocycles. The molecule has 0 fully saturated rings. The van der Waals surface area contributed by atoms with Crippen molar-refractivity contribution in [2.24, 2.45) is 0 Å². The second kappa shape index (κ2) is 7.94. The minimum Gasteiger partial charge on any atom is -0.374 e. The molecule has 1 heterocycles. The fraction of sp³-hybridized carbons (Fsp3) is 0.118. The summed E-state index contributed by atoms with van der Waals surface area (Å²) in [6, 6.07) is 19.7. The van der Waals surface area contributed by atoms with Crippen LogP contribution in [-0.4, -0.2) is 21.9 Å². The van der Waals surface area contributed by atoms with Crippen LogP contribution in [0, 0.1) is 0 Å². The number of hydrogen-bond donors (Lipinski definition) is 2. The third-order valence-corrected chi connectivity index (χ3v) is 5.21. The zero-order valence-electron chi connectivity index (χ0n) is 12.8. The Bertz CT molecular complexity index is 753. The molecular formula is C17H16N4OS2. The van der Waals surface area contributed by atoms with Gasteiger partial charge in [0.2, 0.25) is 11.0 Å². The van der Waals surface area contributed by atoms with Crippen molar-refractivity contribution in [1.29, 1.82) is 0 Å². The maximum atomic E-state index is 12.4. The molecule has 0 spiro atoms. The van der Waals surface area contributed by atoms with E-state index >= 15 is 0 Å². The zero-order valence-corrected chi connectivity index (χ0v) is 14.4. The van der Waals surface area contributed by atoms with Gasteiger partial charge in [-0.3, -0.25) is 4.79 Å². The predicted molar refractivity (Wildman–Crippen MR) is 97.9 cm³/mol. The molecule has 3 rings (SSSR count). The highest BCUT2D eigenvalue weighted by Crippen LogP contribution is 2.25. The second-order valence-electron chi connectivity index (χ2n) is 5.02. The quantitative estimate of drug-likeness (QED) is 0.663. The number of benzene rings is 2. The van der Waals surface area contributed by atoms with Crippen LogP contribution >= 0.6 is 23.1 Å². The van der Waals surface area contributed by atoms with E-state index in [1.807, 2.05) is 60.7 Å². The number of carbonyl (C=O) groups is 1. The van der Waals surface area contributed by atoms with Crippen molar-refractivity contribution in [3.05, 3.63) is 71.8 Å². The summed E-state index contributed by atoms with van der Waals surface area (Å²) in [5, 5.41) is 11.2. The number of aromatic nitrogens is 2. The third-order valence-electron chi connectivity index (χ3n) is 3.32. The highest BCUT2D eigenvalue weighted by atomic mass is 32.2. The van der Waals surface area contributed by atoms with Crippen molar-refractivity contribution >= 4 is 34.1 Å². The van der Waals surface area contributed by atoms with Gasteiger partial charge in [-0.15, -0.1) is 10.2 Å². The van der Waals surface area contributed by atoms with Crippen LogP contribution in [0.5, 0.6) is 0 Å². The molecule has 0 unspecified atom stereocenters. The lowest BCUT2D eigenvalue weighted by atomic mass is 9.99. The highest BCUT2D eigenvalue weighted by Gasteiger charge is 2.17. The molecule has 1 aromatic heterocycles. The van der Waals surface area contributed by atoms with E-state index in [0.717, 1.165) is 11.1 Å². The Balaban J connectivity index is 1.71. The van der Waals surface area contributed by atoms with E-state index in [-0.39, 0.29) is 17.7 Å². The summed E-state index contributed by atoms with van der Waals surface area (Å²) in [6.45, 7) is 0. The Morgan fingerprint density at radius 1 is 1.04 bits per heavy atom. The number of nitrogens with one attached hydrogen (secondary N) is 1. The van der Waals surface area contributed by atoms with E-state index in [0.29, 0.717) is 9.47 Å². The lowest BCUT2D eigenvalue weighted by Crippen LogP contribution is -2.30. The summed E-state index contributed by atoms with van der Waals surface area (Å²) in [5.41, 5.74) is 7.64. The van der Waals surface area contributed by atoms with Gasteiger partial charge in [0.15, 0.2) is 4.34 Å². The SMILES string of the molecule is Nc1nnc(SCC(=O)NC(c2ccccc2)c2ccccc2)s1. The van der Waals surface area contributed by atoms with Crippen LogP contribution in [0.25, 0.3) is 0 Å². The van der Waals surface area contributed by atoms with Crippen LogP contribution in [-0.2, 0) is 4.79 Å². The van der Waals surface area contributed by atoms with Crippen LogP contribution in [0.15, 0.2) is 65.0 Å². The Kier molecular flexibility index (Phi) is 5.45. The number of carbonyl (C=O) groups excluding carboxylic acids is 1. The summed E-state index contributed by atoms with van der Waals surface area (Å²) in [4.78, 5) is 12.4. The number of nitrogen functional groups attached to an aromatic ring is 1. The van der Waals surface area contributed by atoms with Crippen molar-refractivity contribution in [2.45, 2.75) is 10.4 Å². The molecule has 0 atom stereocenters. The van der Waals surface area contributed by atoms with Crippen LogP contribution in [0.4, 0.5) is 5.13 Å². The smallest absolute Gasteiger partial charge is 0.231 e. The van der Waals surface area contributed by atoms with Crippen molar-refractivity contribution in [1.82, 2.24) is 15.5 Å². The maximum absolute atomic E-state index is 12.4. The first-order chi connectivity index (χ1) is 11.7. The molecule has 0 bridgehead atoms. The standard InChI is InChI=1S/C17H16N4OS2/c18-16-20-21-17(24-16)23-11-14(22)19-15(12-7-3-1-4-8-12)13-9-5-2-6-10-13/h1-10,15H,11H2,(H2,18,20)(H,19,22). The fourth-order valence-electron chi connectivity index (χ4n) is 2.26. The minimum absolute atomic E-state index is 0.0634. The summed E-state index contributed by atoms with van der Waals surface area (Å²) in [6.07, 6.45) is 0. The Morgan fingerprint density at radius 2 is 1.62 bits per heavy atom. The van der Waals surface area contributed by atoms with Crippen LogP contribution in [0.3, 0.4) is 0 Å². The van der Waals surface area contributed by atoms with Crippen molar-refractivity contribution < 1.29 is 4.79 Å². The zero-order chi connectivity index (χ0) is 16.8. The number of nitrogens with zero attached hydrogens (tertiary/aromatic N) is 2.